The van der Waals surface area contributed by atoms with Crippen molar-refractivity contribution in [2.75, 3.05) is 19.8 Å². The van der Waals surface area contributed by atoms with E-state index in [0.717, 1.165) is 33.4 Å². The zero-order valence-corrected chi connectivity index (χ0v) is 30.1. The van der Waals surface area contributed by atoms with Gasteiger partial charge in [-0.2, -0.15) is 0 Å². The van der Waals surface area contributed by atoms with Crippen molar-refractivity contribution in [1.82, 2.24) is 9.97 Å². The number of ether oxygens (including phenoxy) is 3. The maximum absolute atomic E-state index is 10.3. The fraction of sp³-hybridized carbons (Fsp3) is 0.200. The van der Waals surface area contributed by atoms with Crippen molar-refractivity contribution in [3.05, 3.63) is 138 Å². The maximum Gasteiger partial charge on any atom is 0.186 e. The molecule has 1 saturated heterocycles. The largest absolute Gasteiger partial charge is 0.489 e. The molecule has 0 bridgehead atoms. The quantitative estimate of drug-likeness (QED) is 0.105. The first kappa shape index (κ1) is 39.7. The molecule has 0 radical (unpaired) electrons. The van der Waals surface area contributed by atoms with Gasteiger partial charge in [0.2, 0.25) is 0 Å². The third kappa shape index (κ3) is 10.3. The third-order valence-corrected chi connectivity index (χ3v) is 7.96. The molecule has 0 amide bonds. The second kappa shape index (κ2) is 19.5. The predicted octanol–water partition coefficient (Wildman–Crippen LogP) is 3.80. The molecule has 2 aromatic heterocycles. The molecule has 1 aliphatic rings. The Morgan fingerprint density at radius 1 is 0.569 bits per heavy atom. The van der Waals surface area contributed by atoms with Crippen molar-refractivity contribution in [3.8, 4) is 51.7 Å². The number of aromatic nitrogens is 2. The normalized spacial score (nSPS) is 19.2. The molecule has 266 valence electrons. The van der Waals surface area contributed by atoms with E-state index in [1.54, 1.807) is 24.8 Å². The summed E-state index contributed by atoms with van der Waals surface area (Å²) in [5.41, 5.74) is 7.12. The van der Waals surface area contributed by atoms with Gasteiger partial charge in [0.1, 0.15) is 31.0 Å². The summed E-state index contributed by atoms with van der Waals surface area (Å²) in [6.45, 7) is -0.553. The summed E-state index contributed by atoms with van der Waals surface area (Å²) in [7, 11) is 0. The van der Waals surface area contributed by atoms with Gasteiger partial charge in [0.25, 0.3) is 0 Å². The number of rotatable bonds is 8. The van der Waals surface area contributed by atoms with Gasteiger partial charge in [-0.05, 0) is 82.9 Å². The molecule has 3 aromatic carbocycles. The van der Waals surface area contributed by atoms with Gasteiger partial charge < -0.3 is 34.6 Å². The Balaban J connectivity index is 0.00000292. The summed E-state index contributed by atoms with van der Waals surface area (Å²) >= 11 is 0. The Hall–Kier alpha value is -4.04. The van der Waals surface area contributed by atoms with E-state index in [0.29, 0.717) is 16.9 Å². The number of para-hydroxylation sites is 1. The molecule has 1 fully saturated rings. The van der Waals surface area contributed by atoms with Gasteiger partial charge in [-0.1, -0.05) is 54.0 Å². The molecule has 0 spiro atoms. The van der Waals surface area contributed by atoms with Crippen LogP contribution in [0.3, 0.4) is 0 Å². The van der Waals surface area contributed by atoms with Crippen LogP contribution in [0.4, 0.5) is 0 Å². The number of aliphatic hydroxyl groups excluding tert-OH is 4. The predicted molar refractivity (Wildman–Crippen MR) is 183 cm³/mol. The first-order valence-electron chi connectivity index (χ1n) is 15.7. The molecule has 5 aromatic rings. The van der Waals surface area contributed by atoms with Gasteiger partial charge in [-0.15, -0.1) is 0 Å². The Kier molecular flexibility index (Phi) is 15.2. The van der Waals surface area contributed by atoms with E-state index < -0.39 is 37.3 Å². The summed E-state index contributed by atoms with van der Waals surface area (Å²) in [5.74, 6) is 13.3. The molecule has 1 aliphatic heterocycles. The van der Waals surface area contributed by atoms with Gasteiger partial charge in [0.05, 0.1) is 24.3 Å². The fourth-order valence-electron chi connectivity index (χ4n) is 5.26. The van der Waals surface area contributed by atoms with E-state index in [-0.39, 0.29) is 54.1 Å². The van der Waals surface area contributed by atoms with Crippen molar-refractivity contribution in [2.24, 2.45) is 0 Å². The van der Waals surface area contributed by atoms with Crippen molar-refractivity contribution in [3.63, 3.8) is 0 Å². The van der Waals surface area contributed by atoms with Crippen LogP contribution in [0.5, 0.6) is 5.75 Å². The van der Waals surface area contributed by atoms with E-state index in [4.69, 9.17) is 14.2 Å². The number of hydrogen-bond donors (Lipinski definition) is 4. The van der Waals surface area contributed by atoms with Crippen LogP contribution in [0.15, 0.2) is 116 Å². The zero-order valence-electron chi connectivity index (χ0n) is 27.0. The van der Waals surface area contributed by atoms with Gasteiger partial charge in [-0.25, -0.2) is 0 Å². The van der Waals surface area contributed by atoms with Crippen LogP contribution < -0.4 is 4.74 Å². The summed E-state index contributed by atoms with van der Waals surface area (Å²) in [6, 6.07) is 29.2. The van der Waals surface area contributed by atoms with E-state index in [2.05, 4.69) is 33.6 Å². The Morgan fingerprint density at radius 2 is 1.04 bits per heavy atom. The Morgan fingerprint density at radius 3 is 1.51 bits per heavy atom. The van der Waals surface area contributed by atoms with E-state index in [9.17, 15) is 20.4 Å². The SMILES string of the molecule is OCC1O[C@@H](OCCOc2c(C#Cc3ccc(-c4ccncc4)cc3)cccc2C#Cc2ccc(-c3ccncc3)cc2)C(O)[C@@H](O)[C@@H]1O.[Pd].[Pd]. The number of nitrogens with zero attached hydrogens (tertiary/aromatic N) is 2. The topological polar surface area (TPSA) is 134 Å². The average Bonchev–Trinajstić information content (AvgIpc) is 3.16. The minimum atomic E-state index is -1.53. The summed E-state index contributed by atoms with van der Waals surface area (Å²) in [6.07, 6.45) is 0.180. The van der Waals surface area contributed by atoms with Crippen molar-refractivity contribution in [2.45, 2.75) is 30.7 Å². The molecule has 3 heterocycles. The van der Waals surface area contributed by atoms with Gasteiger partial charge >= 0.3 is 0 Å². The van der Waals surface area contributed by atoms with Gasteiger partial charge in [-0.3, -0.25) is 9.97 Å². The van der Waals surface area contributed by atoms with E-state index >= 15 is 0 Å². The molecule has 4 N–H and O–H groups in total. The molecule has 6 rings (SSSR count). The van der Waals surface area contributed by atoms with Gasteiger partial charge in [0, 0.05) is 76.8 Å². The summed E-state index contributed by atoms with van der Waals surface area (Å²) in [5, 5.41) is 39.9. The molecular weight excluding hydrogens is 833 g/mol. The van der Waals surface area contributed by atoms with Crippen molar-refractivity contribution < 1.29 is 75.5 Å². The van der Waals surface area contributed by atoms with Crippen LogP contribution in [0, 0.1) is 23.7 Å². The molecule has 51 heavy (non-hydrogen) atoms. The standard InChI is InChI=1S/C40H34N2O7.2Pd/c43-26-35-36(44)37(45)38(46)40(49-35)48-25-24-47-39-33(14-8-27-4-10-29(11-5-27)31-16-20-41-21-17-31)2-1-3-34(39)15-9-28-6-12-30(13-7-28)32-18-22-42-23-19-32;;/h1-7,10-13,16-23,35-38,40,43-46H,24-26H2;;/t35?,36-,37+,38?,40-;;/m1../s1. The number of benzene rings is 3. The molecule has 9 nitrogen and oxygen atoms in total. The smallest absolute Gasteiger partial charge is 0.186 e. The fourth-order valence-corrected chi connectivity index (χ4v) is 5.26. The Bertz CT molecular complexity index is 1840. The molecule has 5 atom stereocenters. The summed E-state index contributed by atoms with van der Waals surface area (Å²) < 4.78 is 17.3. The minimum absolute atomic E-state index is 0. The number of hydrogen-bond acceptors (Lipinski definition) is 9. The van der Waals surface area contributed by atoms with Crippen LogP contribution >= 0.6 is 0 Å². The average molecular weight is 868 g/mol. The van der Waals surface area contributed by atoms with Crippen molar-refractivity contribution in [1.29, 1.82) is 0 Å². The van der Waals surface area contributed by atoms with E-state index in [1.165, 1.54) is 0 Å². The second-order valence-corrected chi connectivity index (χ2v) is 11.2. The monoisotopic (exact) mass is 866 g/mol. The Labute approximate surface area is 324 Å². The first-order valence-corrected chi connectivity index (χ1v) is 15.7. The zero-order chi connectivity index (χ0) is 34.0. The molecule has 2 unspecified atom stereocenters. The van der Waals surface area contributed by atoms with Crippen LogP contribution in [0.2, 0.25) is 0 Å². The van der Waals surface area contributed by atoms with Crippen LogP contribution in [0.25, 0.3) is 22.3 Å². The van der Waals surface area contributed by atoms with Crippen LogP contribution in [-0.2, 0) is 50.3 Å². The minimum Gasteiger partial charge on any atom is -0.489 e. The number of pyridine rings is 2. The molecule has 0 saturated carbocycles. The van der Waals surface area contributed by atoms with Crippen LogP contribution in [0.1, 0.15) is 22.3 Å². The molecule has 11 heteroatoms. The van der Waals surface area contributed by atoms with E-state index in [1.807, 2.05) is 91.0 Å². The molecular formula is C40H34N2O7Pd2. The first-order chi connectivity index (χ1) is 24.0. The van der Waals surface area contributed by atoms with Crippen LogP contribution in [-0.4, -0.2) is 80.9 Å². The number of aliphatic hydroxyl groups is 4. The molecule has 0 aliphatic carbocycles. The van der Waals surface area contributed by atoms with Gasteiger partial charge in [0.15, 0.2) is 12.0 Å². The maximum atomic E-state index is 10.3. The third-order valence-electron chi connectivity index (χ3n) is 7.96. The summed E-state index contributed by atoms with van der Waals surface area (Å²) in [4.78, 5) is 8.16. The second-order valence-electron chi connectivity index (χ2n) is 11.2. The van der Waals surface area contributed by atoms with Crippen molar-refractivity contribution >= 4 is 0 Å².